The zero-order chi connectivity index (χ0) is 28.1. The Kier molecular flexibility index (Phi) is 7.66. The van der Waals surface area contributed by atoms with Gasteiger partial charge in [0.25, 0.3) is 11.4 Å². The number of hydrogen-bond donors (Lipinski definition) is 0. The number of carbonyl (C=O) groups is 1. The van der Waals surface area contributed by atoms with Crippen LogP contribution < -0.4 is 19.8 Å². The summed E-state index contributed by atoms with van der Waals surface area (Å²) in [4.78, 5) is 44.9. The van der Waals surface area contributed by atoms with Crippen LogP contribution in [0.2, 0.25) is 0 Å². The Bertz CT molecular complexity index is 1690. The molecule has 1 heterocycles. The number of benzene rings is 3. The van der Waals surface area contributed by atoms with Crippen molar-refractivity contribution in [2.75, 3.05) is 13.7 Å². The van der Waals surface area contributed by atoms with E-state index in [4.69, 9.17) is 18.6 Å². The summed E-state index contributed by atoms with van der Waals surface area (Å²) in [6.45, 7) is 1.35. The Balaban J connectivity index is 1.45. The van der Waals surface area contributed by atoms with E-state index in [1.54, 1.807) is 37.3 Å². The van der Waals surface area contributed by atoms with Crippen molar-refractivity contribution in [3.05, 3.63) is 108 Å². The van der Waals surface area contributed by atoms with Crippen LogP contribution in [0.4, 0.5) is 11.4 Å². The molecule has 0 spiro atoms. The highest BCUT2D eigenvalue weighted by Crippen LogP contribution is 2.31. The van der Waals surface area contributed by atoms with Gasteiger partial charge in [-0.25, -0.2) is 9.59 Å². The molecule has 3 aromatic carbocycles. The van der Waals surface area contributed by atoms with Crippen LogP contribution in [0.5, 0.6) is 17.2 Å². The van der Waals surface area contributed by atoms with Gasteiger partial charge in [-0.2, -0.15) is 0 Å². The summed E-state index contributed by atoms with van der Waals surface area (Å²) in [5.74, 6) is -0.0822. The highest BCUT2D eigenvalue weighted by molar-refractivity contribution is 5.82. The topological polar surface area (TPSA) is 161 Å². The number of aryl methyl sites for hydroxylation is 1. The molecular formula is C27H20N2O10. The second-order valence-corrected chi connectivity index (χ2v) is 8.17. The van der Waals surface area contributed by atoms with E-state index in [1.807, 2.05) is 0 Å². The Morgan fingerprint density at radius 2 is 1.74 bits per heavy atom. The Hall–Kier alpha value is -5.52. The number of nitro groups is 2. The van der Waals surface area contributed by atoms with Crippen molar-refractivity contribution in [3.8, 4) is 17.2 Å². The third-order valence-electron chi connectivity index (χ3n) is 5.57. The minimum absolute atomic E-state index is 0.115. The highest BCUT2D eigenvalue weighted by atomic mass is 16.6. The molecule has 0 unspecified atom stereocenters. The van der Waals surface area contributed by atoms with Crippen molar-refractivity contribution in [2.24, 2.45) is 0 Å². The molecule has 4 rings (SSSR count). The lowest BCUT2D eigenvalue weighted by molar-refractivity contribution is -0.394. The molecule has 198 valence electrons. The number of hydrogen-bond acceptors (Lipinski definition) is 10. The molecule has 0 aliphatic carbocycles. The number of fused-ring (bicyclic) bond motifs is 1. The van der Waals surface area contributed by atoms with Crippen molar-refractivity contribution in [3.63, 3.8) is 0 Å². The van der Waals surface area contributed by atoms with E-state index in [9.17, 15) is 29.8 Å². The first-order valence-electron chi connectivity index (χ1n) is 11.3. The number of ether oxygens (including phenoxy) is 3. The van der Waals surface area contributed by atoms with Gasteiger partial charge in [0, 0.05) is 23.6 Å². The highest BCUT2D eigenvalue weighted by Gasteiger charge is 2.18. The van der Waals surface area contributed by atoms with E-state index in [1.165, 1.54) is 43.5 Å². The van der Waals surface area contributed by atoms with Crippen molar-refractivity contribution in [1.29, 1.82) is 0 Å². The minimum Gasteiger partial charge on any atom is -0.493 e. The van der Waals surface area contributed by atoms with E-state index in [-0.39, 0.29) is 17.1 Å². The largest absolute Gasteiger partial charge is 0.493 e. The van der Waals surface area contributed by atoms with Crippen molar-refractivity contribution in [1.82, 2.24) is 0 Å². The van der Waals surface area contributed by atoms with Crippen molar-refractivity contribution >= 4 is 40.5 Å². The molecule has 12 heteroatoms. The zero-order valence-electron chi connectivity index (χ0n) is 20.6. The number of nitro benzene ring substituents is 2. The first kappa shape index (κ1) is 26.5. The van der Waals surface area contributed by atoms with Crippen LogP contribution in [0, 0.1) is 27.2 Å². The summed E-state index contributed by atoms with van der Waals surface area (Å²) >= 11 is 0. The average Bonchev–Trinajstić information content (AvgIpc) is 2.90. The third-order valence-corrected chi connectivity index (χ3v) is 5.57. The lowest BCUT2D eigenvalue weighted by Gasteiger charge is -2.11. The molecule has 0 aliphatic rings. The Morgan fingerprint density at radius 1 is 0.949 bits per heavy atom. The monoisotopic (exact) mass is 532 g/mol. The first-order valence-corrected chi connectivity index (χ1v) is 11.3. The molecule has 1 aromatic heterocycles. The molecule has 0 aliphatic heterocycles. The molecule has 0 saturated heterocycles. The fraction of sp³-hybridized carbons (Fsp3) is 0.111. The molecule has 0 fully saturated rings. The quantitative estimate of drug-likeness (QED) is 0.0709. The summed E-state index contributed by atoms with van der Waals surface area (Å²) in [6, 6.07) is 14.2. The molecule has 0 radical (unpaired) electrons. The smallest absolute Gasteiger partial charge is 0.349 e. The van der Waals surface area contributed by atoms with Gasteiger partial charge in [0.15, 0.2) is 18.1 Å². The molecule has 0 atom stereocenters. The van der Waals surface area contributed by atoms with E-state index in [2.05, 4.69) is 0 Å². The van der Waals surface area contributed by atoms with E-state index >= 15 is 0 Å². The minimum atomic E-state index is -0.719. The van der Waals surface area contributed by atoms with Gasteiger partial charge >= 0.3 is 11.6 Å². The Labute approximate surface area is 220 Å². The molecular weight excluding hydrogens is 512 g/mol. The molecule has 0 saturated carbocycles. The maximum atomic E-state index is 12.4. The van der Waals surface area contributed by atoms with Gasteiger partial charge in [-0.15, -0.1) is 0 Å². The predicted molar refractivity (Wildman–Crippen MR) is 140 cm³/mol. The van der Waals surface area contributed by atoms with E-state index in [0.29, 0.717) is 16.9 Å². The number of nitrogens with zero attached hydrogens (tertiary/aromatic N) is 2. The zero-order valence-corrected chi connectivity index (χ0v) is 20.6. The van der Waals surface area contributed by atoms with E-state index < -0.39 is 39.4 Å². The number of carbonyl (C=O) groups excluding carboxylic acids is 1. The number of methoxy groups -OCH3 is 1. The Morgan fingerprint density at radius 3 is 2.46 bits per heavy atom. The summed E-state index contributed by atoms with van der Waals surface area (Å²) in [5.41, 5.74) is 0.509. The van der Waals surface area contributed by atoms with Gasteiger partial charge in [-0.1, -0.05) is 12.1 Å². The molecule has 0 N–H and O–H groups in total. The summed E-state index contributed by atoms with van der Waals surface area (Å²) in [7, 11) is 1.38. The second-order valence-electron chi connectivity index (χ2n) is 8.17. The van der Waals surface area contributed by atoms with Gasteiger partial charge in [-0.3, -0.25) is 20.2 Å². The predicted octanol–water partition coefficient (Wildman–Crippen LogP) is 5.08. The van der Waals surface area contributed by atoms with Gasteiger partial charge in [0.05, 0.1) is 28.6 Å². The van der Waals surface area contributed by atoms with Crippen LogP contribution in [0.3, 0.4) is 0 Å². The van der Waals surface area contributed by atoms with Gasteiger partial charge in [0.1, 0.15) is 11.3 Å². The summed E-state index contributed by atoms with van der Waals surface area (Å²) in [6.07, 6.45) is 2.98. The normalized spacial score (nSPS) is 10.9. The lowest BCUT2D eigenvalue weighted by atomic mass is 10.1. The maximum absolute atomic E-state index is 12.4. The number of rotatable bonds is 9. The average molecular weight is 532 g/mol. The van der Waals surface area contributed by atoms with Crippen molar-refractivity contribution in [2.45, 2.75) is 6.92 Å². The van der Waals surface area contributed by atoms with Crippen LogP contribution in [-0.4, -0.2) is 29.5 Å². The van der Waals surface area contributed by atoms with Crippen molar-refractivity contribution < 1.29 is 33.3 Å². The van der Waals surface area contributed by atoms with Crippen LogP contribution >= 0.6 is 0 Å². The molecule has 0 amide bonds. The van der Waals surface area contributed by atoms with Crippen LogP contribution in [0.25, 0.3) is 23.1 Å². The van der Waals surface area contributed by atoms with Crippen LogP contribution in [0.1, 0.15) is 16.7 Å². The third kappa shape index (κ3) is 6.25. The maximum Gasteiger partial charge on any atom is 0.349 e. The first-order chi connectivity index (χ1) is 18.6. The van der Waals surface area contributed by atoms with Gasteiger partial charge in [0.2, 0.25) is 0 Å². The molecule has 39 heavy (non-hydrogen) atoms. The van der Waals surface area contributed by atoms with E-state index in [0.717, 1.165) is 17.0 Å². The fourth-order valence-electron chi connectivity index (χ4n) is 3.69. The van der Waals surface area contributed by atoms with Crippen LogP contribution in [-0.2, 0) is 4.79 Å². The van der Waals surface area contributed by atoms with Crippen LogP contribution in [0.15, 0.2) is 69.9 Å². The van der Waals surface area contributed by atoms with Gasteiger partial charge < -0.3 is 18.6 Å². The summed E-state index contributed by atoms with van der Waals surface area (Å²) in [5, 5.41) is 23.0. The fourth-order valence-corrected chi connectivity index (χ4v) is 3.69. The standard InChI is InChI=1S/C27H20N2O10/c1-16-11-26(30)39-24-14-20(8-9-21(16)24)37-15-27(31)38-23-10-4-17(12-25(23)36-2)3-5-18-6-7-19(28(32)33)13-22(18)29(34)35/h3-14H,15H2,1-2H3/b5-3+. The second kappa shape index (κ2) is 11.3. The SMILES string of the molecule is COc1cc(/C=C/c2ccc([N+](=O)[O-])cc2[N+](=O)[O-])ccc1OC(=O)COc1ccc2c(C)cc(=O)oc2c1. The molecule has 0 bridgehead atoms. The lowest BCUT2D eigenvalue weighted by Crippen LogP contribution is -2.18. The van der Waals surface area contributed by atoms with Gasteiger partial charge in [-0.05, 0) is 54.5 Å². The molecule has 4 aromatic rings. The molecule has 12 nitrogen and oxygen atoms in total. The number of esters is 1. The summed E-state index contributed by atoms with van der Waals surface area (Å²) < 4.78 is 21.3. The number of non-ortho nitro benzene ring substituents is 1.